The monoisotopic (exact) mass is 451 g/mol. The zero-order valence-corrected chi connectivity index (χ0v) is 17.5. The van der Waals surface area contributed by atoms with E-state index >= 15 is 0 Å². The van der Waals surface area contributed by atoms with Gasteiger partial charge < -0.3 is 14.4 Å². The van der Waals surface area contributed by atoms with Crippen LogP contribution in [0.4, 0.5) is 23.7 Å². The van der Waals surface area contributed by atoms with E-state index in [0.29, 0.717) is 5.56 Å². The molecule has 11 heteroatoms. The summed E-state index contributed by atoms with van der Waals surface area (Å²) in [6, 6.07) is 5.27. The number of hydrogen-bond acceptors (Lipinski definition) is 6. The molecule has 0 N–H and O–H groups in total. The first kappa shape index (κ1) is 23.0. The quantitative estimate of drug-likeness (QED) is 0.489. The van der Waals surface area contributed by atoms with Crippen LogP contribution in [0.15, 0.2) is 42.7 Å². The number of anilines is 1. The first-order valence-corrected chi connectivity index (χ1v) is 9.57. The minimum atomic E-state index is -4.86. The maximum absolute atomic E-state index is 13.1. The molecule has 1 aliphatic heterocycles. The Hall–Kier alpha value is -3.63. The molecule has 2 heterocycles. The number of carbonyl (C=O) groups excluding carboxylic acids is 3. The van der Waals surface area contributed by atoms with Gasteiger partial charge in [-0.3, -0.25) is 9.78 Å². The van der Waals surface area contributed by atoms with Crippen LogP contribution in [0.25, 0.3) is 0 Å². The molecule has 1 aromatic heterocycles. The number of rotatable bonds is 6. The molecule has 1 aliphatic rings. The molecule has 2 aromatic rings. The van der Waals surface area contributed by atoms with Crippen LogP contribution in [0.3, 0.4) is 0 Å². The number of halogens is 3. The number of carbonyl (C=O) groups is 3. The van der Waals surface area contributed by atoms with Gasteiger partial charge in [0.1, 0.15) is 11.3 Å². The van der Waals surface area contributed by atoms with Gasteiger partial charge in [-0.2, -0.15) is 0 Å². The topological polar surface area (TPSA) is 89.0 Å². The number of esters is 1. The Balaban J connectivity index is 1.89. The minimum Gasteiger partial charge on any atom is -0.462 e. The number of imide groups is 1. The maximum atomic E-state index is 13.1. The average Bonchev–Trinajstić information content (AvgIpc) is 2.88. The SMILES string of the molecule is CCOC(=O)c1cnccc1CN1C(=O)N(c2ccc(OC(F)(F)F)cc2)C(=O)C1(C)C. The first-order valence-electron chi connectivity index (χ1n) is 9.57. The molecule has 0 spiro atoms. The van der Waals surface area contributed by atoms with Crippen molar-refractivity contribution in [2.45, 2.75) is 39.2 Å². The normalized spacial score (nSPS) is 15.8. The van der Waals surface area contributed by atoms with Crippen LogP contribution in [0.1, 0.15) is 36.7 Å². The molecule has 32 heavy (non-hydrogen) atoms. The number of nitrogens with zero attached hydrogens (tertiary/aromatic N) is 3. The lowest BCUT2D eigenvalue weighted by Crippen LogP contribution is -2.44. The summed E-state index contributed by atoms with van der Waals surface area (Å²) in [5, 5.41) is 0. The van der Waals surface area contributed by atoms with Gasteiger partial charge >= 0.3 is 18.4 Å². The lowest BCUT2D eigenvalue weighted by Gasteiger charge is -2.28. The van der Waals surface area contributed by atoms with Crippen molar-refractivity contribution in [2.24, 2.45) is 0 Å². The van der Waals surface area contributed by atoms with Crippen molar-refractivity contribution >= 4 is 23.6 Å². The number of ether oxygens (including phenoxy) is 2. The number of amides is 3. The Bertz CT molecular complexity index is 1040. The number of aromatic nitrogens is 1. The highest BCUT2D eigenvalue weighted by Crippen LogP contribution is 2.35. The van der Waals surface area contributed by atoms with Crippen molar-refractivity contribution in [3.8, 4) is 5.75 Å². The molecule has 0 unspecified atom stereocenters. The predicted molar refractivity (Wildman–Crippen MR) is 106 cm³/mol. The fraction of sp³-hybridized carbons (Fsp3) is 0.333. The number of urea groups is 1. The van der Waals surface area contributed by atoms with Crippen LogP contribution in [-0.2, 0) is 16.1 Å². The Morgan fingerprint density at radius 3 is 2.38 bits per heavy atom. The maximum Gasteiger partial charge on any atom is 0.573 e. The van der Waals surface area contributed by atoms with E-state index in [1.54, 1.807) is 26.8 Å². The van der Waals surface area contributed by atoms with Crippen LogP contribution >= 0.6 is 0 Å². The summed E-state index contributed by atoms with van der Waals surface area (Å²) in [5.41, 5.74) is -0.598. The number of benzene rings is 1. The highest BCUT2D eigenvalue weighted by Gasteiger charge is 2.52. The molecule has 3 rings (SSSR count). The summed E-state index contributed by atoms with van der Waals surface area (Å²) in [4.78, 5) is 44.5. The zero-order chi connectivity index (χ0) is 23.7. The van der Waals surface area contributed by atoms with E-state index in [0.717, 1.165) is 17.0 Å². The van der Waals surface area contributed by atoms with E-state index in [4.69, 9.17) is 4.74 Å². The summed E-state index contributed by atoms with van der Waals surface area (Å²) in [7, 11) is 0. The third-order valence-corrected chi connectivity index (χ3v) is 4.89. The summed E-state index contributed by atoms with van der Waals surface area (Å²) in [6.07, 6.45) is -2.09. The second kappa shape index (κ2) is 8.48. The number of hydrogen-bond donors (Lipinski definition) is 0. The third kappa shape index (κ3) is 4.51. The first-order chi connectivity index (χ1) is 15.0. The Morgan fingerprint density at radius 1 is 1.12 bits per heavy atom. The largest absolute Gasteiger partial charge is 0.573 e. The Kier molecular flexibility index (Phi) is 6.11. The number of alkyl halides is 3. The van der Waals surface area contributed by atoms with Crippen molar-refractivity contribution in [1.82, 2.24) is 9.88 Å². The average molecular weight is 451 g/mol. The van der Waals surface area contributed by atoms with E-state index in [1.807, 2.05) is 0 Å². The predicted octanol–water partition coefficient (Wildman–Crippen LogP) is 3.90. The van der Waals surface area contributed by atoms with E-state index in [1.165, 1.54) is 29.4 Å². The zero-order valence-electron chi connectivity index (χ0n) is 17.5. The van der Waals surface area contributed by atoms with Crippen molar-refractivity contribution < 1.29 is 37.0 Å². The highest BCUT2D eigenvalue weighted by atomic mass is 19.4. The van der Waals surface area contributed by atoms with Gasteiger partial charge in [-0.1, -0.05) is 0 Å². The van der Waals surface area contributed by atoms with Crippen LogP contribution in [0.5, 0.6) is 5.75 Å². The van der Waals surface area contributed by atoms with Crippen molar-refractivity contribution in [1.29, 1.82) is 0 Å². The third-order valence-electron chi connectivity index (χ3n) is 4.89. The smallest absolute Gasteiger partial charge is 0.462 e. The van der Waals surface area contributed by atoms with Gasteiger partial charge in [-0.15, -0.1) is 13.2 Å². The fourth-order valence-electron chi connectivity index (χ4n) is 3.25. The molecule has 8 nitrogen and oxygen atoms in total. The highest BCUT2D eigenvalue weighted by molar-refractivity contribution is 6.23. The molecule has 0 bridgehead atoms. The molecular formula is C21H20F3N3O5. The summed E-state index contributed by atoms with van der Waals surface area (Å²) in [5.74, 6) is -1.66. The van der Waals surface area contributed by atoms with Crippen LogP contribution in [-0.4, -0.2) is 46.3 Å². The van der Waals surface area contributed by atoms with Gasteiger partial charge in [0.2, 0.25) is 0 Å². The molecule has 3 amide bonds. The number of pyridine rings is 1. The lowest BCUT2D eigenvalue weighted by molar-refractivity contribution is -0.274. The minimum absolute atomic E-state index is 0.0833. The van der Waals surface area contributed by atoms with Crippen molar-refractivity contribution in [3.05, 3.63) is 53.9 Å². The fourth-order valence-corrected chi connectivity index (χ4v) is 3.25. The molecule has 0 atom stereocenters. The molecule has 1 fully saturated rings. The standard InChI is InChI=1S/C21H20F3N3O5/c1-4-31-17(28)16-11-25-10-9-13(16)12-26-19(30)27(18(29)20(26,2)3)14-5-7-15(8-6-14)32-21(22,23)24/h5-11H,4,12H2,1-3H3. The summed E-state index contributed by atoms with van der Waals surface area (Å²) >= 11 is 0. The van der Waals surface area contributed by atoms with E-state index < -0.39 is 35.6 Å². The van der Waals surface area contributed by atoms with Gasteiger partial charge in [0.05, 0.1) is 17.9 Å². The van der Waals surface area contributed by atoms with Gasteiger partial charge in [0, 0.05) is 18.9 Å². The molecule has 0 aliphatic carbocycles. The molecular weight excluding hydrogens is 431 g/mol. The molecule has 1 aromatic carbocycles. The van der Waals surface area contributed by atoms with E-state index in [2.05, 4.69) is 9.72 Å². The van der Waals surface area contributed by atoms with Gasteiger partial charge in [0.15, 0.2) is 0 Å². The molecule has 0 radical (unpaired) electrons. The van der Waals surface area contributed by atoms with Gasteiger partial charge in [-0.05, 0) is 56.7 Å². The van der Waals surface area contributed by atoms with Crippen LogP contribution < -0.4 is 9.64 Å². The Morgan fingerprint density at radius 2 is 1.78 bits per heavy atom. The molecule has 170 valence electrons. The molecule has 1 saturated heterocycles. The Labute approximate surface area is 181 Å². The second-order valence-electron chi connectivity index (χ2n) is 7.36. The van der Waals surface area contributed by atoms with E-state index in [-0.39, 0.29) is 24.4 Å². The van der Waals surface area contributed by atoms with Crippen molar-refractivity contribution in [3.63, 3.8) is 0 Å². The molecule has 0 saturated carbocycles. The second-order valence-corrected chi connectivity index (χ2v) is 7.36. The van der Waals surface area contributed by atoms with Crippen LogP contribution in [0.2, 0.25) is 0 Å². The summed E-state index contributed by atoms with van der Waals surface area (Å²) < 4.78 is 46.0. The lowest BCUT2D eigenvalue weighted by atomic mass is 10.0. The van der Waals surface area contributed by atoms with Gasteiger partial charge in [-0.25, -0.2) is 14.5 Å². The van der Waals surface area contributed by atoms with Gasteiger partial charge in [0.25, 0.3) is 5.91 Å². The van der Waals surface area contributed by atoms with Crippen molar-refractivity contribution in [2.75, 3.05) is 11.5 Å². The summed E-state index contributed by atoms with van der Waals surface area (Å²) in [6.45, 7) is 4.81. The van der Waals surface area contributed by atoms with Crippen LogP contribution in [0, 0.1) is 0 Å². The van der Waals surface area contributed by atoms with E-state index in [9.17, 15) is 27.6 Å².